The number of hydrogen-bond donors (Lipinski definition) is 0. The summed E-state index contributed by atoms with van der Waals surface area (Å²) in [6.07, 6.45) is 30.1. The predicted octanol–water partition coefficient (Wildman–Crippen LogP) is 12.8. The molecule has 0 unspecified atom stereocenters. The summed E-state index contributed by atoms with van der Waals surface area (Å²) in [5.74, 6) is 0. The fraction of sp³-hybridized carbons (Fsp3) is 1.00. The average Bonchev–Trinajstić information content (AvgIpc) is 3.73. The van der Waals surface area contributed by atoms with Gasteiger partial charge < -0.3 is 92.4 Å². The Morgan fingerprint density at radius 2 is 0.167 bits per heavy atom. The first kappa shape index (κ1) is 122. The van der Waals surface area contributed by atoms with Gasteiger partial charge in [0.2, 0.25) is 0 Å². The molecule has 592 valence electrons. The molecule has 0 amide bonds. The van der Waals surface area contributed by atoms with Gasteiger partial charge in [0, 0.05) is 154 Å². The van der Waals surface area contributed by atoms with Gasteiger partial charge in [-0.05, 0) is 0 Å². The van der Waals surface area contributed by atoms with Crippen molar-refractivity contribution in [3.8, 4) is 0 Å². The summed E-state index contributed by atoms with van der Waals surface area (Å²) in [6.45, 7) is 82.2. The van der Waals surface area contributed by atoms with Crippen LogP contribution in [0.3, 0.4) is 0 Å². The zero-order chi connectivity index (χ0) is 76.9. The largest absolute Gasteiger partial charge is 0.867 e. The number of halogens is 4. The van der Waals surface area contributed by atoms with Crippen LogP contribution in [0.5, 0.6) is 0 Å². The van der Waals surface area contributed by atoms with Gasteiger partial charge in [0.1, 0.15) is 188 Å². The van der Waals surface area contributed by atoms with E-state index in [1.54, 1.807) is 0 Å². The second-order valence-electron chi connectivity index (χ2n) is 22.9. The van der Waals surface area contributed by atoms with Crippen LogP contribution in [0, 0.1) is 0 Å². The summed E-state index contributed by atoms with van der Waals surface area (Å²) in [6, 6.07) is 0. The first-order chi connectivity index (χ1) is 45.7. The first-order valence-electron chi connectivity index (χ1n) is 38.7. The zero-order valence-corrected chi connectivity index (χ0v) is 68.3. The van der Waals surface area contributed by atoms with E-state index >= 15 is 0 Å². The Morgan fingerprint density at radius 1 is 0.135 bits per heavy atom. The molecule has 0 aromatic rings. The van der Waals surface area contributed by atoms with E-state index in [-0.39, 0.29) is 0 Å². The second-order valence-corrected chi connectivity index (χ2v) is 22.9. The van der Waals surface area contributed by atoms with Gasteiger partial charge in [-0.2, -0.15) is 0 Å². The van der Waals surface area contributed by atoms with Crippen molar-refractivity contribution in [3.05, 3.63) is 0 Å². The van der Waals surface area contributed by atoms with E-state index in [4.69, 9.17) is 40.2 Å². The van der Waals surface area contributed by atoms with Crippen molar-refractivity contribution in [1.29, 1.82) is 0 Å². The summed E-state index contributed by atoms with van der Waals surface area (Å²) in [5, 5.41) is 66.4. The van der Waals surface area contributed by atoms with Crippen molar-refractivity contribution in [1.82, 2.24) is 0 Å². The molecule has 0 heterocycles. The highest BCUT2D eigenvalue weighted by atomic mass is 19.1. The minimum Gasteiger partial charge on any atom is -0.867 e. The molecule has 0 aliphatic heterocycles. The molecule has 0 aliphatic carbocycles. The minimum atomic E-state index is -3.17. The molecule has 0 rings (SSSR count). The van der Waals surface area contributed by atoms with E-state index in [0.717, 1.165) is 0 Å². The Hall–Kier alpha value is -0.660. The molecule has 0 saturated carbocycles. The highest BCUT2D eigenvalue weighted by Gasteiger charge is 2.09. The highest BCUT2D eigenvalue weighted by molar-refractivity contribution is 6.27. The van der Waals surface area contributed by atoms with Crippen LogP contribution in [0.4, 0.5) is 17.3 Å². The minimum absolute atomic E-state index is 1.20. The highest BCUT2D eigenvalue weighted by Crippen LogP contribution is 2.07. The molecule has 96 heavy (non-hydrogen) atoms. The van der Waals surface area contributed by atoms with Gasteiger partial charge in [0.15, 0.2) is 0 Å². The number of hydrogen-bond acceptors (Lipinski definition) is 8. The third-order valence-corrected chi connectivity index (χ3v) is 11.8. The van der Waals surface area contributed by atoms with Gasteiger partial charge in [0.25, 0.3) is 0 Å². The molecule has 0 aromatic carbocycles. The monoisotopic (exact) mass is 1410 g/mol. The molecular formula is C72H168B4F4O16. The van der Waals surface area contributed by atoms with Crippen molar-refractivity contribution in [3.63, 3.8) is 0 Å². The fourth-order valence-electron chi connectivity index (χ4n) is 9.38. The zero-order valence-electron chi connectivity index (χ0n) is 68.3. The van der Waals surface area contributed by atoms with E-state index in [1.807, 2.05) is 0 Å². The predicted molar refractivity (Wildman–Crippen MR) is 400 cm³/mol. The van der Waals surface area contributed by atoms with Crippen LogP contribution in [0.2, 0.25) is 0 Å². The first-order valence-corrected chi connectivity index (χ1v) is 38.7. The Balaban J connectivity index is -0.0000000813. The fourth-order valence-corrected chi connectivity index (χ4v) is 9.38. The number of rotatable bonds is 48. The van der Waals surface area contributed by atoms with Gasteiger partial charge >= 0.3 is 0 Å². The van der Waals surface area contributed by atoms with Crippen LogP contribution in [-0.4, -0.2) is 188 Å². The SMILES string of the molecule is CCC[O+](CCC)CCC.CCC[O+](CCC)CCC.CCC[O+](CCC)CCC.CCC[O+](CCC)CCC.CCC[O+](CCC)CCC.CCC[O+](CCC)CCC.CCC[O+](CCC)CCC.CCC[O+](CCC)CCC.[O-]B([O-])F.[O-]B([O-])F.[O-]B([O-])F.[O-]B([O-])F. The molecule has 0 saturated heterocycles. The van der Waals surface area contributed by atoms with E-state index in [0.29, 0.717) is 0 Å². The summed E-state index contributed by atoms with van der Waals surface area (Å²) in [4.78, 5) is 0. The molecule has 0 spiro atoms. The van der Waals surface area contributed by atoms with Gasteiger partial charge in [-0.25, -0.2) is 0 Å². The maximum Gasteiger partial charge on any atom is 0.145 e. The summed E-state index contributed by atoms with van der Waals surface area (Å²) in [7, 11) is -12.7. The van der Waals surface area contributed by atoms with Crippen LogP contribution >= 0.6 is 0 Å². The van der Waals surface area contributed by atoms with Crippen LogP contribution in [0.25, 0.3) is 0 Å². The maximum atomic E-state index is 9.89. The Kier molecular flexibility index (Phi) is 151. The van der Waals surface area contributed by atoms with Crippen LogP contribution in [0.1, 0.15) is 320 Å². The van der Waals surface area contributed by atoms with Crippen molar-refractivity contribution >= 4 is 29.6 Å². The second kappa shape index (κ2) is 118. The lowest BCUT2D eigenvalue weighted by Gasteiger charge is -2.16. The third kappa shape index (κ3) is 156. The standard InChI is InChI=1S/8C9H21O.4BFO2/c8*1-4-7-10(8-5-2)9-6-3;4*2-1(3)4/h8*4-9H2,1-3H3;;;;/q8*+1;4*-2. The Labute approximate surface area is 598 Å². The lowest BCUT2D eigenvalue weighted by atomic mass is 10.3. The smallest absolute Gasteiger partial charge is 0.145 e. The van der Waals surface area contributed by atoms with E-state index < -0.39 is 29.6 Å². The van der Waals surface area contributed by atoms with Crippen LogP contribution in [0.15, 0.2) is 0 Å². The maximum absolute atomic E-state index is 9.89. The summed E-state index contributed by atoms with van der Waals surface area (Å²) < 4.78 is 65.9. The molecule has 0 aliphatic rings. The molecule has 0 aromatic heterocycles. The topological polar surface area (TPSA) is 206 Å². The molecule has 0 fully saturated rings. The summed E-state index contributed by atoms with van der Waals surface area (Å²) in [5.41, 5.74) is 0. The van der Waals surface area contributed by atoms with Crippen molar-refractivity contribution < 1.29 is 92.4 Å². The van der Waals surface area contributed by atoms with E-state index in [9.17, 15) is 17.3 Å². The third-order valence-electron chi connectivity index (χ3n) is 11.8. The Morgan fingerprint density at radius 3 is 0.188 bits per heavy atom. The quantitative estimate of drug-likeness (QED) is 0.0325. The van der Waals surface area contributed by atoms with Crippen LogP contribution < -0.4 is 40.2 Å². The van der Waals surface area contributed by atoms with Crippen LogP contribution in [-0.2, 0) is 34.9 Å². The Bertz CT molecular complexity index is 809. The van der Waals surface area contributed by atoms with Crippen molar-refractivity contribution in [2.75, 3.05) is 159 Å². The molecule has 0 atom stereocenters. The molecule has 0 radical (unpaired) electrons. The molecule has 16 nitrogen and oxygen atoms in total. The summed E-state index contributed by atoms with van der Waals surface area (Å²) >= 11 is 0. The van der Waals surface area contributed by atoms with E-state index in [1.165, 1.54) is 313 Å². The average molecular weight is 1410 g/mol. The van der Waals surface area contributed by atoms with Crippen molar-refractivity contribution in [2.24, 2.45) is 0 Å². The normalized spacial score (nSPS) is 10.1. The van der Waals surface area contributed by atoms with Gasteiger partial charge in [-0.15, -0.1) is 0 Å². The lowest BCUT2D eigenvalue weighted by Crippen LogP contribution is -2.39. The molecule has 0 bridgehead atoms. The molecule has 24 heteroatoms. The van der Waals surface area contributed by atoms with E-state index in [2.05, 4.69) is 201 Å². The molecular weight excluding hydrogens is 1240 g/mol. The van der Waals surface area contributed by atoms with Gasteiger partial charge in [0.05, 0.1) is 0 Å². The van der Waals surface area contributed by atoms with Crippen molar-refractivity contribution in [2.45, 2.75) is 320 Å². The molecule has 0 N–H and O–H groups in total. The lowest BCUT2D eigenvalue weighted by molar-refractivity contribution is -0.368. The van der Waals surface area contributed by atoms with Gasteiger partial charge in [-0.1, -0.05) is 166 Å². The van der Waals surface area contributed by atoms with Gasteiger partial charge in [-0.3, -0.25) is 0 Å².